The van der Waals surface area contributed by atoms with Crippen LogP contribution in [0.1, 0.15) is 51.1 Å². The first-order valence-electron chi connectivity index (χ1n) is 6.89. The van der Waals surface area contributed by atoms with Crippen LogP contribution in [-0.4, -0.2) is 15.3 Å². The van der Waals surface area contributed by atoms with Crippen LogP contribution >= 0.6 is 0 Å². The van der Waals surface area contributed by atoms with E-state index < -0.39 is 0 Å². The van der Waals surface area contributed by atoms with Crippen molar-refractivity contribution >= 4 is 0 Å². The van der Waals surface area contributed by atoms with Crippen LogP contribution in [0, 0.1) is 5.92 Å². The lowest BCUT2D eigenvalue weighted by atomic mass is 9.86. The van der Waals surface area contributed by atoms with Gasteiger partial charge in [0.25, 0.3) is 0 Å². The van der Waals surface area contributed by atoms with Crippen LogP contribution in [0.25, 0.3) is 0 Å². The molecule has 0 bridgehead atoms. The van der Waals surface area contributed by atoms with Crippen molar-refractivity contribution in [2.24, 2.45) is 18.7 Å². The Balaban J connectivity index is 1.98. The molecule has 2 N–H and O–H groups in total. The van der Waals surface area contributed by atoms with E-state index in [4.69, 9.17) is 5.73 Å². The van der Waals surface area contributed by atoms with E-state index in [1.165, 1.54) is 25.7 Å². The molecule has 0 amide bonds. The normalized spacial score (nSPS) is 30.2. The predicted molar refractivity (Wildman–Crippen MR) is 70.7 cm³/mol. The first kappa shape index (κ1) is 12.6. The first-order chi connectivity index (χ1) is 8.11. The highest BCUT2D eigenvalue weighted by atomic mass is 15.2. The van der Waals surface area contributed by atoms with Crippen molar-refractivity contribution in [3.63, 3.8) is 0 Å². The van der Waals surface area contributed by atoms with Crippen molar-refractivity contribution in [1.29, 1.82) is 0 Å². The lowest BCUT2D eigenvalue weighted by molar-refractivity contribution is 0.354. The molecule has 1 aromatic heterocycles. The molecule has 2 rings (SSSR count). The molecular formula is C14H25N3. The Morgan fingerprint density at radius 3 is 2.94 bits per heavy atom. The van der Waals surface area contributed by atoms with Crippen molar-refractivity contribution in [1.82, 2.24) is 9.78 Å². The Morgan fingerprint density at radius 2 is 2.29 bits per heavy atom. The number of rotatable bonds is 3. The van der Waals surface area contributed by atoms with Gasteiger partial charge in [0.05, 0.1) is 5.69 Å². The molecule has 17 heavy (non-hydrogen) atoms. The molecule has 1 aliphatic rings. The number of aromatic nitrogens is 2. The monoisotopic (exact) mass is 235 g/mol. The average molecular weight is 235 g/mol. The third kappa shape index (κ3) is 3.32. The van der Waals surface area contributed by atoms with Crippen LogP contribution in [0.5, 0.6) is 0 Å². The Bertz CT molecular complexity index is 358. The summed E-state index contributed by atoms with van der Waals surface area (Å²) in [6.07, 6.45) is 10.5. The van der Waals surface area contributed by atoms with Gasteiger partial charge in [-0.05, 0) is 31.2 Å². The lowest BCUT2D eigenvalue weighted by Crippen LogP contribution is -2.41. The molecule has 2 unspecified atom stereocenters. The molecule has 0 spiro atoms. The van der Waals surface area contributed by atoms with Gasteiger partial charge in [-0.3, -0.25) is 4.68 Å². The maximum absolute atomic E-state index is 6.57. The minimum Gasteiger partial charge on any atom is -0.325 e. The zero-order valence-electron chi connectivity index (χ0n) is 11.2. The van der Waals surface area contributed by atoms with Crippen LogP contribution in [0.2, 0.25) is 0 Å². The summed E-state index contributed by atoms with van der Waals surface area (Å²) in [6, 6.07) is 2.09. The van der Waals surface area contributed by atoms with Gasteiger partial charge in [-0.15, -0.1) is 0 Å². The minimum atomic E-state index is -0.0156. The highest BCUT2D eigenvalue weighted by Gasteiger charge is 2.29. The zero-order chi connectivity index (χ0) is 12.3. The Kier molecular flexibility index (Phi) is 3.87. The van der Waals surface area contributed by atoms with Crippen molar-refractivity contribution in [2.45, 2.75) is 57.4 Å². The zero-order valence-corrected chi connectivity index (χ0v) is 11.2. The molecule has 1 heterocycles. The number of aryl methyl sites for hydroxylation is 1. The topological polar surface area (TPSA) is 43.8 Å². The van der Waals surface area contributed by atoms with Gasteiger partial charge >= 0.3 is 0 Å². The van der Waals surface area contributed by atoms with Gasteiger partial charge in [0, 0.05) is 25.2 Å². The molecule has 1 aromatic rings. The highest BCUT2D eigenvalue weighted by Crippen LogP contribution is 2.32. The van der Waals surface area contributed by atoms with Crippen LogP contribution < -0.4 is 5.73 Å². The van der Waals surface area contributed by atoms with Crippen molar-refractivity contribution in [3.05, 3.63) is 18.0 Å². The fraction of sp³-hybridized carbons (Fsp3) is 0.786. The highest BCUT2D eigenvalue weighted by molar-refractivity contribution is 5.06. The minimum absolute atomic E-state index is 0.0156. The lowest BCUT2D eigenvalue weighted by Gasteiger charge is -2.27. The predicted octanol–water partition coefficient (Wildman–Crippen LogP) is 2.65. The first-order valence-corrected chi connectivity index (χ1v) is 6.89. The van der Waals surface area contributed by atoms with Crippen molar-refractivity contribution < 1.29 is 0 Å². The molecule has 0 aliphatic heterocycles. The molecule has 0 radical (unpaired) electrons. The summed E-state index contributed by atoms with van der Waals surface area (Å²) in [4.78, 5) is 0. The van der Waals surface area contributed by atoms with E-state index in [9.17, 15) is 0 Å². The van der Waals surface area contributed by atoms with E-state index in [0.717, 1.165) is 30.9 Å². The molecule has 1 fully saturated rings. The Morgan fingerprint density at radius 1 is 1.47 bits per heavy atom. The van der Waals surface area contributed by atoms with Gasteiger partial charge in [0.2, 0.25) is 0 Å². The Labute approximate surface area is 104 Å². The fourth-order valence-electron chi connectivity index (χ4n) is 3.01. The van der Waals surface area contributed by atoms with Crippen LogP contribution in [0.15, 0.2) is 12.3 Å². The smallest absolute Gasteiger partial charge is 0.0642 e. The molecule has 2 atom stereocenters. The summed E-state index contributed by atoms with van der Waals surface area (Å²) in [5.74, 6) is 0.893. The molecule has 1 saturated carbocycles. The SMILES string of the molecule is CCC1CCCC(N)(Cc2ccn(C)n2)CC1. The molecule has 1 aliphatic carbocycles. The summed E-state index contributed by atoms with van der Waals surface area (Å²) in [5.41, 5.74) is 7.70. The van der Waals surface area contributed by atoms with E-state index in [2.05, 4.69) is 18.1 Å². The van der Waals surface area contributed by atoms with E-state index in [1.807, 2.05) is 17.9 Å². The van der Waals surface area contributed by atoms with Crippen molar-refractivity contribution in [3.8, 4) is 0 Å². The van der Waals surface area contributed by atoms with E-state index in [-0.39, 0.29) is 5.54 Å². The molecule has 0 saturated heterocycles. The third-order valence-corrected chi connectivity index (χ3v) is 4.22. The third-order valence-electron chi connectivity index (χ3n) is 4.22. The summed E-state index contributed by atoms with van der Waals surface area (Å²) in [7, 11) is 1.97. The van der Waals surface area contributed by atoms with Gasteiger partial charge < -0.3 is 5.73 Å². The van der Waals surface area contributed by atoms with Crippen LogP contribution in [0.3, 0.4) is 0 Å². The standard InChI is InChI=1S/C14H25N3/c1-3-12-5-4-8-14(15,9-6-12)11-13-7-10-17(2)16-13/h7,10,12H,3-6,8-9,11,15H2,1-2H3. The number of nitrogens with zero attached hydrogens (tertiary/aromatic N) is 2. The van der Waals surface area contributed by atoms with Crippen LogP contribution in [0.4, 0.5) is 0 Å². The summed E-state index contributed by atoms with van der Waals surface area (Å²) >= 11 is 0. The number of nitrogens with two attached hydrogens (primary N) is 1. The van der Waals surface area contributed by atoms with E-state index in [1.54, 1.807) is 0 Å². The molecular weight excluding hydrogens is 210 g/mol. The largest absolute Gasteiger partial charge is 0.325 e. The number of hydrogen-bond donors (Lipinski definition) is 1. The second kappa shape index (κ2) is 5.21. The summed E-state index contributed by atoms with van der Waals surface area (Å²) in [5, 5.41) is 4.46. The molecule has 3 nitrogen and oxygen atoms in total. The van der Waals surface area contributed by atoms with Gasteiger partial charge in [0.1, 0.15) is 0 Å². The van der Waals surface area contributed by atoms with E-state index >= 15 is 0 Å². The van der Waals surface area contributed by atoms with Crippen molar-refractivity contribution in [2.75, 3.05) is 0 Å². The van der Waals surface area contributed by atoms with Gasteiger partial charge in [-0.2, -0.15) is 5.10 Å². The second-order valence-electron chi connectivity index (χ2n) is 5.73. The summed E-state index contributed by atoms with van der Waals surface area (Å²) < 4.78 is 1.87. The quantitative estimate of drug-likeness (QED) is 0.819. The second-order valence-corrected chi connectivity index (χ2v) is 5.73. The number of hydrogen-bond acceptors (Lipinski definition) is 2. The van der Waals surface area contributed by atoms with Gasteiger partial charge in [-0.25, -0.2) is 0 Å². The van der Waals surface area contributed by atoms with Crippen LogP contribution in [-0.2, 0) is 13.5 Å². The van der Waals surface area contributed by atoms with Gasteiger partial charge in [-0.1, -0.05) is 26.2 Å². The van der Waals surface area contributed by atoms with E-state index in [0.29, 0.717) is 0 Å². The summed E-state index contributed by atoms with van der Waals surface area (Å²) in [6.45, 7) is 2.30. The Hall–Kier alpha value is -0.830. The maximum atomic E-state index is 6.57. The van der Waals surface area contributed by atoms with Gasteiger partial charge in [0.15, 0.2) is 0 Å². The fourth-order valence-corrected chi connectivity index (χ4v) is 3.01. The molecule has 0 aromatic carbocycles. The average Bonchev–Trinajstić information content (AvgIpc) is 2.59. The maximum Gasteiger partial charge on any atom is 0.0642 e. The molecule has 96 valence electrons. The molecule has 3 heteroatoms.